The third-order valence-electron chi connectivity index (χ3n) is 3.82. The molecule has 130 valence electrons. The lowest BCUT2D eigenvalue weighted by Gasteiger charge is -2.06. The molecule has 0 saturated carbocycles. The molecule has 1 aromatic carbocycles. The van der Waals surface area contributed by atoms with Crippen molar-refractivity contribution < 1.29 is 14.1 Å². The van der Waals surface area contributed by atoms with Gasteiger partial charge in [0.05, 0.1) is 17.2 Å². The summed E-state index contributed by atoms with van der Waals surface area (Å²) in [4.78, 5) is 22.2. The molecule has 1 fully saturated rings. The van der Waals surface area contributed by atoms with Crippen LogP contribution in [0.15, 0.2) is 45.9 Å². The molecule has 25 heavy (non-hydrogen) atoms. The lowest BCUT2D eigenvalue weighted by Crippen LogP contribution is -2.41. The number of hydrazone groups is 1. The molecule has 2 aromatic rings. The number of carbonyl (C=O) groups is 1. The molecule has 3 rings (SSSR count). The first-order valence-corrected chi connectivity index (χ1v) is 7.67. The van der Waals surface area contributed by atoms with E-state index in [2.05, 4.69) is 21.4 Å². The number of aryl methyl sites for hydroxylation is 1. The summed E-state index contributed by atoms with van der Waals surface area (Å²) in [7, 11) is 0. The van der Waals surface area contributed by atoms with Crippen molar-refractivity contribution in [3.8, 4) is 0 Å². The molecule has 0 bridgehead atoms. The number of non-ortho nitro benzene ring substituents is 1. The van der Waals surface area contributed by atoms with Gasteiger partial charge in [-0.3, -0.25) is 14.9 Å². The minimum atomic E-state index is -0.474. The first-order valence-electron chi connectivity index (χ1n) is 7.67. The van der Waals surface area contributed by atoms with Gasteiger partial charge in [0.15, 0.2) is 0 Å². The van der Waals surface area contributed by atoms with Gasteiger partial charge in [0.25, 0.3) is 11.6 Å². The van der Waals surface area contributed by atoms with Crippen molar-refractivity contribution >= 4 is 17.8 Å². The minimum absolute atomic E-state index is 0.00150. The second kappa shape index (κ2) is 7.24. The van der Waals surface area contributed by atoms with E-state index in [0.717, 1.165) is 11.5 Å². The van der Waals surface area contributed by atoms with Gasteiger partial charge in [0, 0.05) is 12.1 Å². The molecule has 1 aliphatic rings. The topological polar surface area (TPSA) is 122 Å². The molecular formula is C16H17N5O4. The molecule has 1 aromatic heterocycles. The van der Waals surface area contributed by atoms with E-state index >= 15 is 0 Å². The molecule has 3 N–H and O–H groups in total. The van der Waals surface area contributed by atoms with Gasteiger partial charge in [0.2, 0.25) is 0 Å². The maximum Gasteiger partial charge on any atom is 0.269 e. The van der Waals surface area contributed by atoms with E-state index in [0.29, 0.717) is 12.0 Å². The maximum absolute atomic E-state index is 12.1. The summed E-state index contributed by atoms with van der Waals surface area (Å²) < 4.78 is 5.55. The van der Waals surface area contributed by atoms with Crippen molar-refractivity contribution in [2.24, 2.45) is 5.10 Å². The van der Waals surface area contributed by atoms with Gasteiger partial charge in [-0.1, -0.05) is 0 Å². The van der Waals surface area contributed by atoms with E-state index in [1.54, 1.807) is 12.1 Å². The number of rotatable bonds is 5. The van der Waals surface area contributed by atoms with Crippen molar-refractivity contribution in [1.29, 1.82) is 0 Å². The van der Waals surface area contributed by atoms with E-state index < -0.39 is 11.0 Å². The average Bonchev–Trinajstić information content (AvgIpc) is 3.24. The van der Waals surface area contributed by atoms with Crippen molar-refractivity contribution in [2.75, 3.05) is 0 Å². The number of carbonyl (C=O) groups excluding carboxylic acids is 1. The van der Waals surface area contributed by atoms with Crippen LogP contribution in [0.3, 0.4) is 0 Å². The Balaban J connectivity index is 1.51. The normalized spacial score (nSPS) is 20.0. The van der Waals surface area contributed by atoms with Crippen LogP contribution < -0.4 is 16.3 Å². The van der Waals surface area contributed by atoms with E-state index in [-0.39, 0.29) is 17.6 Å². The van der Waals surface area contributed by atoms with Gasteiger partial charge in [-0.2, -0.15) is 5.10 Å². The van der Waals surface area contributed by atoms with Crippen LogP contribution in [0, 0.1) is 17.0 Å². The Morgan fingerprint density at radius 1 is 1.32 bits per heavy atom. The molecule has 2 unspecified atom stereocenters. The van der Waals surface area contributed by atoms with Gasteiger partial charge in [0.1, 0.15) is 17.6 Å². The first-order chi connectivity index (χ1) is 12.0. The van der Waals surface area contributed by atoms with Gasteiger partial charge >= 0.3 is 0 Å². The van der Waals surface area contributed by atoms with Crippen LogP contribution in [-0.2, 0) is 4.79 Å². The monoisotopic (exact) mass is 343 g/mol. The van der Waals surface area contributed by atoms with Crippen molar-refractivity contribution in [2.45, 2.75) is 25.4 Å². The Labute approximate surface area is 143 Å². The number of benzene rings is 1. The Hall–Kier alpha value is -3.04. The number of hydrazine groups is 1. The van der Waals surface area contributed by atoms with E-state index in [9.17, 15) is 14.9 Å². The highest BCUT2D eigenvalue weighted by atomic mass is 16.6. The fraction of sp³-hybridized carbons (Fsp3) is 0.250. The number of nitrogens with zero attached hydrogens (tertiary/aromatic N) is 2. The lowest BCUT2D eigenvalue weighted by atomic mass is 10.1. The number of hydrogen-bond acceptors (Lipinski definition) is 7. The highest BCUT2D eigenvalue weighted by Gasteiger charge is 2.31. The molecule has 1 saturated heterocycles. The van der Waals surface area contributed by atoms with Gasteiger partial charge in [-0.05, 0) is 43.2 Å². The third-order valence-corrected chi connectivity index (χ3v) is 3.82. The van der Waals surface area contributed by atoms with Crippen LogP contribution >= 0.6 is 0 Å². The number of nitrogens with one attached hydrogen (secondary N) is 3. The van der Waals surface area contributed by atoms with Gasteiger partial charge in [-0.15, -0.1) is 0 Å². The largest absolute Gasteiger partial charge is 0.465 e. The highest BCUT2D eigenvalue weighted by Crippen LogP contribution is 2.23. The molecule has 0 radical (unpaired) electrons. The van der Waals surface area contributed by atoms with E-state index in [1.807, 2.05) is 19.1 Å². The number of nitro benzene ring substituents is 1. The smallest absolute Gasteiger partial charge is 0.269 e. The zero-order chi connectivity index (χ0) is 17.8. The predicted octanol–water partition coefficient (Wildman–Crippen LogP) is 1.55. The molecule has 2 atom stereocenters. The molecule has 9 heteroatoms. The SMILES string of the molecule is Cc1ccc(C2CC(C(=O)N/N=C/c3ccc([N+](=O)[O-])cc3)NN2)o1. The van der Waals surface area contributed by atoms with Gasteiger partial charge in [-0.25, -0.2) is 16.3 Å². The zero-order valence-electron chi connectivity index (χ0n) is 13.4. The van der Waals surface area contributed by atoms with E-state index in [4.69, 9.17) is 4.42 Å². The Morgan fingerprint density at radius 3 is 2.72 bits per heavy atom. The van der Waals surface area contributed by atoms with Crippen LogP contribution in [0.25, 0.3) is 0 Å². The summed E-state index contributed by atoms with van der Waals surface area (Å²) >= 11 is 0. The Kier molecular flexibility index (Phi) is 4.87. The molecule has 0 spiro atoms. The molecule has 1 amide bonds. The fourth-order valence-electron chi connectivity index (χ4n) is 2.49. The van der Waals surface area contributed by atoms with Crippen LogP contribution in [0.4, 0.5) is 5.69 Å². The van der Waals surface area contributed by atoms with Crippen molar-refractivity contribution in [3.63, 3.8) is 0 Å². The fourth-order valence-corrected chi connectivity index (χ4v) is 2.49. The number of furan rings is 1. The average molecular weight is 343 g/mol. The van der Waals surface area contributed by atoms with Crippen molar-refractivity contribution in [1.82, 2.24) is 16.3 Å². The second-order valence-corrected chi connectivity index (χ2v) is 5.66. The predicted molar refractivity (Wildman–Crippen MR) is 89.7 cm³/mol. The van der Waals surface area contributed by atoms with Crippen LogP contribution in [0.1, 0.15) is 29.5 Å². The zero-order valence-corrected chi connectivity index (χ0v) is 13.4. The van der Waals surface area contributed by atoms with Crippen LogP contribution in [0.5, 0.6) is 0 Å². The molecule has 9 nitrogen and oxygen atoms in total. The number of hydrogen-bond donors (Lipinski definition) is 3. The Morgan fingerprint density at radius 2 is 2.08 bits per heavy atom. The summed E-state index contributed by atoms with van der Waals surface area (Å²) in [6.45, 7) is 1.86. The summed E-state index contributed by atoms with van der Waals surface area (Å²) in [5.74, 6) is 1.31. The quantitative estimate of drug-likeness (QED) is 0.430. The third kappa shape index (κ3) is 4.08. The summed E-state index contributed by atoms with van der Waals surface area (Å²) in [6.07, 6.45) is 1.96. The molecule has 2 heterocycles. The standard InChI is InChI=1S/C16H17N5O4/c1-10-2-7-15(25-10)13-8-14(19-18-13)16(22)20-17-9-11-3-5-12(6-4-11)21(23)24/h2-7,9,13-14,18-19H,8H2,1H3,(H,20,22)/b17-9+. The molecular weight excluding hydrogens is 326 g/mol. The molecule has 1 aliphatic heterocycles. The number of amides is 1. The summed E-state index contributed by atoms with van der Waals surface area (Å²) in [6, 6.07) is 9.09. The highest BCUT2D eigenvalue weighted by molar-refractivity contribution is 5.85. The van der Waals surface area contributed by atoms with E-state index in [1.165, 1.54) is 18.3 Å². The van der Waals surface area contributed by atoms with Crippen LogP contribution in [-0.4, -0.2) is 23.1 Å². The first kappa shape index (κ1) is 16.8. The van der Waals surface area contributed by atoms with Crippen molar-refractivity contribution in [3.05, 3.63) is 63.6 Å². The minimum Gasteiger partial charge on any atom is -0.465 e. The maximum atomic E-state index is 12.1. The lowest BCUT2D eigenvalue weighted by molar-refractivity contribution is -0.384. The van der Waals surface area contributed by atoms with Crippen LogP contribution in [0.2, 0.25) is 0 Å². The Bertz CT molecular complexity index is 799. The molecule has 0 aliphatic carbocycles. The summed E-state index contributed by atoms with van der Waals surface area (Å²) in [5, 5.41) is 14.5. The second-order valence-electron chi connectivity index (χ2n) is 5.66. The summed E-state index contributed by atoms with van der Waals surface area (Å²) in [5.41, 5.74) is 9.03. The van der Waals surface area contributed by atoms with Gasteiger partial charge < -0.3 is 4.42 Å². The number of nitro groups is 1.